The monoisotopic (exact) mass is 340 g/mol. The second-order valence-electron chi connectivity index (χ2n) is 6.18. The number of rotatable bonds is 6. The van der Waals surface area contributed by atoms with Crippen LogP contribution in [0.25, 0.3) is 0 Å². The van der Waals surface area contributed by atoms with E-state index in [0.717, 1.165) is 18.6 Å². The summed E-state index contributed by atoms with van der Waals surface area (Å²) in [6.07, 6.45) is 7.52. The third kappa shape index (κ3) is 4.92. The molecular formula is C19H24N4O2. The molecule has 0 unspecified atom stereocenters. The first kappa shape index (κ1) is 17.2. The fourth-order valence-corrected chi connectivity index (χ4v) is 3.01. The molecule has 25 heavy (non-hydrogen) atoms. The van der Waals surface area contributed by atoms with Gasteiger partial charge in [0.25, 0.3) is 5.91 Å². The number of carbonyl (C=O) groups is 1. The summed E-state index contributed by atoms with van der Waals surface area (Å²) in [5.41, 5.74) is 1.05. The van der Waals surface area contributed by atoms with Crippen LogP contribution in [0, 0.1) is 0 Å². The Morgan fingerprint density at radius 2 is 1.92 bits per heavy atom. The maximum atomic E-state index is 12.4. The van der Waals surface area contributed by atoms with Crippen LogP contribution in [-0.4, -0.2) is 28.5 Å². The summed E-state index contributed by atoms with van der Waals surface area (Å²) in [4.78, 5) is 20.7. The summed E-state index contributed by atoms with van der Waals surface area (Å²) in [7, 11) is 0. The molecule has 0 aliphatic heterocycles. The Bertz CT molecular complexity index is 697. The Kier molecular flexibility index (Phi) is 5.82. The van der Waals surface area contributed by atoms with Gasteiger partial charge in [-0.25, -0.2) is 9.97 Å². The van der Waals surface area contributed by atoms with Crippen molar-refractivity contribution < 1.29 is 9.53 Å². The third-order valence-corrected chi connectivity index (χ3v) is 4.28. The maximum Gasteiger partial charge on any atom is 0.274 e. The number of carbonyl (C=O) groups excluding carboxylic acids is 1. The fourth-order valence-electron chi connectivity index (χ4n) is 3.01. The van der Waals surface area contributed by atoms with Crippen LogP contribution in [0.1, 0.15) is 49.5 Å². The molecule has 2 N–H and O–H groups in total. The molecule has 1 aliphatic rings. The molecule has 0 bridgehead atoms. The molecule has 1 aromatic carbocycles. The third-order valence-electron chi connectivity index (χ3n) is 4.28. The minimum atomic E-state index is -0.252. The van der Waals surface area contributed by atoms with Crippen molar-refractivity contribution >= 4 is 17.4 Å². The van der Waals surface area contributed by atoms with E-state index in [1.807, 2.05) is 31.2 Å². The second-order valence-corrected chi connectivity index (χ2v) is 6.18. The summed E-state index contributed by atoms with van der Waals surface area (Å²) < 4.78 is 5.40. The lowest BCUT2D eigenvalue weighted by Crippen LogP contribution is -2.23. The molecule has 0 atom stereocenters. The van der Waals surface area contributed by atoms with Crippen molar-refractivity contribution in [2.75, 3.05) is 17.2 Å². The van der Waals surface area contributed by atoms with E-state index in [0.29, 0.717) is 29.8 Å². The van der Waals surface area contributed by atoms with E-state index in [9.17, 15) is 4.79 Å². The van der Waals surface area contributed by atoms with Gasteiger partial charge in [0, 0.05) is 17.8 Å². The molecule has 6 heteroatoms. The number of ether oxygens (including phenoxy) is 1. The first-order chi connectivity index (χ1) is 12.2. The van der Waals surface area contributed by atoms with Crippen LogP contribution in [0.5, 0.6) is 5.75 Å². The topological polar surface area (TPSA) is 76.1 Å². The van der Waals surface area contributed by atoms with Gasteiger partial charge in [0.2, 0.25) is 0 Å². The van der Waals surface area contributed by atoms with Crippen LogP contribution in [-0.2, 0) is 0 Å². The molecule has 0 radical (unpaired) electrons. The van der Waals surface area contributed by atoms with E-state index in [-0.39, 0.29) is 5.91 Å². The van der Waals surface area contributed by atoms with E-state index in [2.05, 4.69) is 20.6 Å². The van der Waals surface area contributed by atoms with Gasteiger partial charge >= 0.3 is 0 Å². The highest BCUT2D eigenvalue weighted by Gasteiger charge is 2.15. The molecule has 132 valence electrons. The minimum absolute atomic E-state index is 0.252. The molecular weight excluding hydrogens is 316 g/mol. The number of anilines is 2. The number of amides is 1. The molecule has 6 nitrogen and oxygen atoms in total. The highest BCUT2D eigenvalue weighted by Crippen LogP contribution is 2.21. The van der Waals surface area contributed by atoms with Crippen molar-refractivity contribution in [1.29, 1.82) is 0 Å². The molecule has 1 aliphatic carbocycles. The SMILES string of the molecule is CCOc1ccc(NC(=O)c2cc(NC3CCCCC3)ncn2)cc1. The number of benzene rings is 1. The summed E-state index contributed by atoms with van der Waals surface area (Å²) in [5.74, 6) is 1.23. The zero-order valence-corrected chi connectivity index (χ0v) is 14.5. The Labute approximate surface area is 148 Å². The highest BCUT2D eigenvalue weighted by atomic mass is 16.5. The first-order valence-corrected chi connectivity index (χ1v) is 8.87. The van der Waals surface area contributed by atoms with Gasteiger partial charge in [0.05, 0.1) is 6.61 Å². The summed E-state index contributed by atoms with van der Waals surface area (Å²) in [6, 6.07) is 9.42. The summed E-state index contributed by atoms with van der Waals surface area (Å²) >= 11 is 0. The van der Waals surface area contributed by atoms with Gasteiger partial charge in [-0.2, -0.15) is 0 Å². The van der Waals surface area contributed by atoms with Crippen LogP contribution in [0.3, 0.4) is 0 Å². The lowest BCUT2D eigenvalue weighted by molar-refractivity contribution is 0.102. The zero-order chi connectivity index (χ0) is 17.5. The van der Waals surface area contributed by atoms with E-state index in [1.54, 1.807) is 6.07 Å². The number of nitrogens with zero attached hydrogens (tertiary/aromatic N) is 2. The largest absolute Gasteiger partial charge is 0.494 e. The van der Waals surface area contributed by atoms with E-state index in [1.165, 1.54) is 25.6 Å². The number of hydrogen-bond donors (Lipinski definition) is 2. The van der Waals surface area contributed by atoms with Gasteiger partial charge in [-0.15, -0.1) is 0 Å². The molecule has 1 aromatic heterocycles. The van der Waals surface area contributed by atoms with Crippen LogP contribution >= 0.6 is 0 Å². The molecule has 1 fully saturated rings. The quantitative estimate of drug-likeness (QED) is 0.835. The van der Waals surface area contributed by atoms with Crippen LogP contribution in [0.15, 0.2) is 36.7 Å². The van der Waals surface area contributed by atoms with Gasteiger partial charge in [0.1, 0.15) is 23.6 Å². The molecule has 0 spiro atoms. The minimum Gasteiger partial charge on any atom is -0.494 e. The smallest absolute Gasteiger partial charge is 0.274 e. The van der Waals surface area contributed by atoms with Crippen molar-refractivity contribution in [3.8, 4) is 5.75 Å². The van der Waals surface area contributed by atoms with E-state index in [4.69, 9.17) is 4.74 Å². The predicted molar refractivity (Wildman–Crippen MR) is 98.1 cm³/mol. The Hall–Kier alpha value is -2.63. The lowest BCUT2D eigenvalue weighted by atomic mass is 9.95. The number of aromatic nitrogens is 2. The predicted octanol–water partition coefficient (Wildman–Crippen LogP) is 3.87. The molecule has 1 saturated carbocycles. The van der Waals surface area contributed by atoms with E-state index >= 15 is 0 Å². The number of nitrogens with one attached hydrogen (secondary N) is 2. The van der Waals surface area contributed by atoms with Crippen molar-refractivity contribution in [2.24, 2.45) is 0 Å². The average molecular weight is 340 g/mol. The second kappa shape index (κ2) is 8.46. The van der Waals surface area contributed by atoms with Gasteiger partial charge in [0.15, 0.2) is 0 Å². The van der Waals surface area contributed by atoms with Gasteiger partial charge < -0.3 is 15.4 Å². The Morgan fingerprint density at radius 1 is 1.16 bits per heavy atom. The van der Waals surface area contributed by atoms with Crippen LogP contribution in [0.2, 0.25) is 0 Å². The standard InChI is InChI=1S/C19H24N4O2/c1-2-25-16-10-8-15(9-11-16)23-19(24)17-12-18(21-13-20-17)22-14-6-4-3-5-7-14/h8-14H,2-7H2,1H3,(H,23,24)(H,20,21,22). The normalized spacial score (nSPS) is 14.8. The van der Waals surface area contributed by atoms with Crippen molar-refractivity contribution in [3.63, 3.8) is 0 Å². The van der Waals surface area contributed by atoms with Gasteiger partial charge in [-0.1, -0.05) is 19.3 Å². The maximum absolute atomic E-state index is 12.4. The lowest BCUT2D eigenvalue weighted by Gasteiger charge is -2.23. The van der Waals surface area contributed by atoms with Crippen LogP contribution < -0.4 is 15.4 Å². The summed E-state index contributed by atoms with van der Waals surface area (Å²) in [6.45, 7) is 2.55. The van der Waals surface area contributed by atoms with Gasteiger partial charge in [-0.3, -0.25) is 4.79 Å². The van der Waals surface area contributed by atoms with E-state index < -0.39 is 0 Å². The molecule has 1 amide bonds. The first-order valence-electron chi connectivity index (χ1n) is 8.87. The molecule has 2 aromatic rings. The number of hydrogen-bond acceptors (Lipinski definition) is 5. The molecule has 3 rings (SSSR count). The molecule has 1 heterocycles. The Balaban J connectivity index is 1.62. The molecule has 0 saturated heterocycles. The Morgan fingerprint density at radius 3 is 2.64 bits per heavy atom. The fraction of sp³-hybridized carbons (Fsp3) is 0.421. The zero-order valence-electron chi connectivity index (χ0n) is 14.5. The summed E-state index contributed by atoms with van der Waals surface area (Å²) in [5, 5.41) is 6.26. The van der Waals surface area contributed by atoms with Crippen LogP contribution in [0.4, 0.5) is 11.5 Å². The van der Waals surface area contributed by atoms with Crippen molar-refractivity contribution in [2.45, 2.75) is 45.1 Å². The average Bonchev–Trinajstić information content (AvgIpc) is 2.65. The van der Waals surface area contributed by atoms with Crippen molar-refractivity contribution in [1.82, 2.24) is 9.97 Å². The highest BCUT2D eigenvalue weighted by molar-refractivity contribution is 6.03. The van der Waals surface area contributed by atoms with Gasteiger partial charge in [-0.05, 0) is 44.0 Å². The van der Waals surface area contributed by atoms with Crippen molar-refractivity contribution in [3.05, 3.63) is 42.4 Å².